The Kier molecular flexibility index (Phi) is 4.21. The molecule has 1 heterocycles. The molecule has 5 nitrogen and oxygen atoms in total. The Labute approximate surface area is 114 Å². The fourth-order valence-electron chi connectivity index (χ4n) is 2.24. The Morgan fingerprint density at radius 3 is 2.63 bits per heavy atom. The highest BCUT2D eigenvalue weighted by Gasteiger charge is 2.11. The number of benzene rings is 1. The Morgan fingerprint density at radius 2 is 1.95 bits per heavy atom. The highest BCUT2D eigenvalue weighted by molar-refractivity contribution is 7.84. The number of fused-ring (bicyclic) bond motifs is 1. The molecule has 0 fully saturated rings. The minimum absolute atomic E-state index is 0.140. The topological polar surface area (TPSA) is 77.8 Å². The maximum Gasteiger partial charge on any atom is 0.323 e. The molecule has 19 heavy (non-hydrogen) atoms. The molecule has 0 saturated carbocycles. The van der Waals surface area contributed by atoms with Crippen LogP contribution < -0.4 is 11.0 Å². The van der Waals surface area contributed by atoms with Crippen LogP contribution in [0, 0.1) is 0 Å². The molecule has 2 rings (SSSR count). The average molecular weight is 281 g/mol. The molecule has 0 spiro atoms. The van der Waals surface area contributed by atoms with E-state index in [1.54, 1.807) is 6.26 Å². The fraction of sp³-hybridized carbons (Fsp3) is 0.462. The van der Waals surface area contributed by atoms with E-state index in [0.29, 0.717) is 5.75 Å². The summed E-state index contributed by atoms with van der Waals surface area (Å²) in [6.07, 6.45) is 1.71. The van der Waals surface area contributed by atoms with E-state index >= 15 is 0 Å². The van der Waals surface area contributed by atoms with Gasteiger partial charge in [0.2, 0.25) is 0 Å². The van der Waals surface area contributed by atoms with Gasteiger partial charge in [-0.25, -0.2) is 4.79 Å². The van der Waals surface area contributed by atoms with Gasteiger partial charge in [-0.3, -0.25) is 4.21 Å². The predicted molar refractivity (Wildman–Crippen MR) is 78.9 cm³/mol. The lowest BCUT2D eigenvalue weighted by atomic mass is 10.1. The monoisotopic (exact) mass is 281 g/mol. The molecule has 0 radical (unpaired) electrons. The molecule has 0 aliphatic carbocycles. The van der Waals surface area contributed by atoms with E-state index < -0.39 is 10.8 Å². The molecule has 3 unspecified atom stereocenters. The number of hydrogen-bond acceptors (Lipinski definition) is 3. The smallest absolute Gasteiger partial charge is 0.307 e. The predicted octanol–water partition coefficient (Wildman–Crippen LogP) is 1.27. The van der Waals surface area contributed by atoms with Crippen LogP contribution in [0.1, 0.15) is 25.5 Å². The van der Waals surface area contributed by atoms with Gasteiger partial charge in [0.15, 0.2) is 0 Å². The normalized spacial score (nSPS) is 16.4. The van der Waals surface area contributed by atoms with Gasteiger partial charge in [0.1, 0.15) is 0 Å². The highest BCUT2D eigenvalue weighted by atomic mass is 32.2. The second kappa shape index (κ2) is 5.71. The van der Waals surface area contributed by atoms with Gasteiger partial charge in [0.25, 0.3) is 0 Å². The summed E-state index contributed by atoms with van der Waals surface area (Å²) in [5, 5.41) is 3.40. The van der Waals surface area contributed by atoms with E-state index in [1.165, 1.54) is 0 Å². The van der Waals surface area contributed by atoms with Gasteiger partial charge in [-0.05, 0) is 31.5 Å². The fourth-order valence-corrected chi connectivity index (χ4v) is 3.04. The molecule has 1 aromatic carbocycles. The number of nitrogens with one attached hydrogen (secondary N) is 3. The van der Waals surface area contributed by atoms with Gasteiger partial charge in [-0.1, -0.05) is 6.07 Å². The van der Waals surface area contributed by atoms with Gasteiger partial charge < -0.3 is 15.3 Å². The average Bonchev–Trinajstić information content (AvgIpc) is 2.66. The number of imidazole rings is 1. The number of aromatic nitrogens is 2. The van der Waals surface area contributed by atoms with Gasteiger partial charge in [-0.15, -0.1) is 0 Å². The first-order valence-corrected chi connectivity index (χ1v) is 7.96. The van der Waals surface area contributed by atoms with Gasteiger partial charge in [0, 0.05) is 34.9 Å². The molecule has 3 N–H and O–H groups in total. The molecule has 0 saturated heterocycles. The van der Waals surface area contributed by atoms with Crippen LogP contribution in [0.25, 0.3) is 11.0 Å². The lowest BCUT2D eigenvalue weighted by molar-refractivity contribution is 0.508. The zero-order chi connectivity index (χ0) is 14.0. The third-order valence-corrected chi connectivity index (χ3v) is 4.03. The second-order valence-electron chi connectivity index (χ2n) is 4.91. The molecule has 0 bridgehead atoms. The van der Waals surface area contributed by atoms with Crippen molar-refractivity contribution in [3.63, 3.8) is 0 Å². The number of H-pyrrole nitrogens is 2. The molecular weight excluding hydrogens is 262 g/mol. The SMILES string of the molecule is CC(CS(C)=O)NC(C)c1ccc2[nH]c(=O)[nH]c2c1. The van der Waals surface area contributed by atoms with Crippen LogP contribution in [-0.4, -0.2) is 32.2 Å². The van der Waals surface area contributed by atoms with E-state index in [0.717, 1.165) is 16.6 Å². The summed E-state index contributed by atoms with van der Waals surface area (Å²) < 4.78 is 11.2. The molecular formula is C13H19N3O2S. The van der Waals surface area contributed by atoms with Crippen LogP contribution in [0.4, 0.5) is 0 Å². The molecule has 0 aliphatic rings. The molecule has 1 aromatic heterocycles. The summed E-state index contributed by atoms with van der Waals surface area (Å²) in [5.41, 5.74) is 2.52. The third-order valence-electron chi connectivity index (χ3n) is 3.06. The molecule has 0 aliphatic heterocycles. The van der Waals surface area contributed by atoms with E-state index in [4.69, 9.17) is 0 Å². The highest BCUT2D eigenvalue weighted by Crippen LogP contribution is 2.17. The molecule has 6 heteroatoms. The minimum atomic E-state index is -0.802. The first-order valence-electron chi connectivity index (χ1n) is 6.23. The van der Waals surface area contributed by atoms with Crippen LogP contribution in [-0.2, 0) is 10.8 Å². The molecule has 3 atom stereocenters. The van der Waals surface area contributed by atoms with Crippen molar-refractivity contribution in [1.29, 1.82) is 0 Å². The van der Waals surface area contributed by atoms with Crippen LogP contribution in [0.3, 0.4) is 0 Å². The van der Waals surface area contributed by atoms with Crippen LogP contribution in [0.15, 0.2) is 23.0 Å². The summed E-state index contributed by atoms with van der Waals surface area (Å²) in [6.45, 7) is 4.08. The minimum Gasteiger partial charge on any atom is -0.307 e. The van der Waals surface area contributed by atoms with Crippen molar-refractivity contribution in [2.45, 2.75) is 25.9 Å². The maximum atomic E-state index is 11.2. The Bertz CT molecular complexity index is 647. The van der Waals surface area contributed by atoms with Crippen molar-refractivity contribution in [2.75, 3.05) is 12.0 Å². The summed E-state index contributed by atoms with van der Waals surface area (Å²) in [7, 11) is -0.802. The quantitative estimate of drug-likeness (QED) is 0.772. The zero-order valence-corrected chi connectivity index (χ0v) is 12.1. The first-order chi connectivity index (χ1) is 8.95. The van der Waals surface area contributed by atoms with Crippen molar-refractivity contribution in [1.82, 2.24) is 15.3 Å². The van der Waals surface area contributed by atoms with Crippen LogP contribution in [0.2, 0.25) is 0 Å². The summed E-state index contributed by atoms with van der Waals surface area (Å²) in [6, 6.07) is 6.16. The van der Waals surface area contributed by atoms with Crippen molar-refractivity contribution in [3.05, 3.63) is 34.2 Å². The summed E-state index contributed by atoms with van der Waals surface area (Å²) in [5.74, 6) is 0.633. The van der Waals surface area contributed by atoms with Crippen molar-refractivity contribution in [2.24, 2.45) is 0 Å². The van der Waals surface area contributed by atoms with E-state index in [1.807, 2.05) is 25.1 Å². The zero-order valence-electron chi connectivity index (χ0n) is 11.3. The van der Waals surface area contributed by atoms with Gasteiger partial charge in [-0.2, -0.15) is 0 Å². The summed E-state index contributed by atoms with van der Waals surface area (Å²) >= 11 is 0. The lowest BCUT2D eigenvalue weighted by Gasteiger charge is -2.19. The largest absolute Gasteiger partial charge is 0.323 e. The van der Waals surface area contributed by atoms with E-state index in [-0.39, 0.29) is 17.8 Å². The molecule has 104 valence electrons. The number of aromatic amines is 2. The Morgan fingerprint density at radius 1 is 1.26 bits per heavy atom. The number of rotatable bonds is 5. The van der Waals surface area contributed by atoms with Crippen molar-refractivity contribution in [3.8, 4) is 0 Å². The second-order valence-corrected chi connectivity index (χ2v) is 6.39. The Hall–Kier alpha value is -1.40. The van der Waals surface area contributed by atoms with Crippen LogP contribution >= 0.6 is 0 Å². The number of hydrogen-bond donors (Lipinski definition) is 3. The van der Waals surface area contributed by atoms with Crippen LogP contribution in [0.5, 0.6) is 0 Å². The first kappa shape index (κ1) is 14.0. The van der Waals surface area contributed by atoms with Crippen molar-refractivity contribution < 1.29 is 4.21 Å². The summed E-state index contributed by atoms with van der Waals surface area (Å²) in [4.78, 5) is 16.7. The van der Waals surface area contributed by atoms with E-state index in [9.17, 15) is 9.00 Å². The molecule has 2 aromatic rings. The van der Waals surface area contributed by atoms with Gasteiger partial charge >= 0.3 is 5.69 Å². The standard InChI is InChI=1S/C13H19N3O2S/c1-8(7-19(3)18)14-9(2)10-4-5-11-12(6-10)16-13(17)15-11/h4-6,8-9,14H,7H2,1-3H3,(H2,15,16,17). The Balaban J connectivity index is 2.14. The van der Waals surface area contributed by atoms with E-state index in [2.05, 4.69) is 22.2 Å². The van der Waals surface area contributed by atoms with Gasteiger partial charge in [0.05, 0.1) is 11.0 Å². The lowest BCUT2D eigenvalue weighted by Crippen LogP contribution is -2.33. The van der Waals surface area contributed by atoms with Crippen molar-refractivity contribution >= 4 is 21.8 Å². The maximum absolute atomic E-state index is 11.2. The molecule has 0 amide bonds. The third kappa shape index (κ3) is 3.54.